The first-order valence-electron chi connectivity index (χ1n) is 6.33. The Hall–Kier alpha value is -1.13. The van der Waals surface area contributed by atoms with E-state index in [1.54, 1.807) is 0 Å². The van der Waals surface area contributed by atoms with E-state index >= 15 is 0 Å². The summed E-state index contributed by atoms with van der Waals surface area (Å²) >= 11 is 0. The second-order valence-corrected chi connectivity index (χ2v) is 4.62. The third-order valence-electron chi connectivity index (χ3n) is 3.27. The van der Waals surface area contributed by atoms with Crippen LogP contribution >= 0.6 is 0 Å². The number of hydrogen-bond acceptors (Lipinski definition) is 4. The molecule has 0 spiro atoms. The largest absolute Gasteiger partial charge is 0.391 e. The third kappa shape index (κ3) is 2.96. The molecule has 2 unspecified atom stereocenters. The number of aliphatic hydroxyl groups is 1. The Kier molecular flexibility index (Phi) is 3.97. The van der Waals surface area contributed by atoms with Crippen LogP contribution in [0.15, 0.2) is 18.3 Å². The van der Waals surface area contributed by atoms with Crippen molar-refractivity contribution in [2.45, 2.75) is 32.4 Å². The average molecular weight is 235 g/mol. The van der Waals surface area contributed by atoms with E-state index in [4.69, 9.17) is 0 Å². The molecule has 0 aromatic carbocycles. The highest BCUT2D eigenvalue weighted by molar-refractivity contribution is 5.41. The molecule has 94 valence electrons. The van der Waals surface area contributed by atoms with Gasteiger partial charge in [0.1, 0.15) is 5.82 Å². The summed E-state index contributed by atoms with van der Waals surface area (Å²) in [6, 6.07) is 4.49. The van der Waals surface area contributed by atoms with E-state index in [1.165, 1.54) is 5.56 Å². The molecule has 2 heterocycles. The molecular weight excluding hydrogens is 214 g/mol. The first-order valence-corrected chi connectivity index (χ1v) is 6.33. The van der Waals surface area contributed by atoms with Gasteiger partial charge in [-0.05, 0) is 31.5 Å². The van der Waals surface area contributed by atoms with Gasteiger partial charge >= 0.3 is 0 Å². The number of anilines is 1. The number of β-amino-alcohol motifs (C(OH)–C–C–N with tert-alkyl or cyclic N) is 1. The monoisotopic (exact) mass is 235 g/mol. The fourth-order valence-corrected chi connectivity index (χ4v) is 2.21. The summed E-state index contributed by atoms with van der Waals surface area (Å²) in [5.41, 5.74) is 1.20. The van der Waals surface area contributed by atoms with Gasteiger partial charge in [-0.1, -0.05) is 13.0 Å². The first-order chi connectivity index (χ1) is 8.20. The number of aromatic nitrogens is 1. The molecule has 1 aromatic heterocycles. The Labute approximate surface area is 103 Å². The third-order valence-corrected chi connectivity index (χ3v) is 3.27. The molecule has 1 fully saturated rings. The Balaban J connectivity index is 2.02. The maximum absolute atomic E-state index is 9.49. The minimum atomic E-state index is -0.197. The predicted molar refractivity (Wildman–Crippen MR) is 69.2 cm³/mol. The lowest BCUT2D eigenvalue weighted by Gasteiger charge is -2.18. The minimum absolute atomic E-state index is 0.197. The Bertz CT molecular complexity index is 352. The lowest BCUT2D eigenvalue weighted by atomic mass is 10.1. The van der Waals surface area contributed by atoms with Crippen LogP contribution in [0.4, 0.5) is 5.82 Å². The number of hydrogen-bond donors (Lipinski definition) is 2. The van der Waals surface area contributed by atoms with Crippen molar-refractivity contribution >= 4 is 5.82 Å². The normalized spacial score (nSPS) is 21.8. The van der Waals surface area contributed by atoms with Gasteiger partial charge < -0.3 is 15.3 Å². The van der Waals surface area contributed by atoms with Crippen molar-refractivity contribution in [3.05, 3.63) is 23.9 Å². The van der Waals surface area contributed by atoms with Crippen LogP contribution in [0.25, 0.3) is 0 Å². The van der Waals surface area contributed by atoms with Gasteiger partial charge in [0, 0.05) is 25.3 Å². The molecule has 0 aliphatic carbocycles. The van der Waals surface area contributed by atoms with Gasteiger partial charge in [-0.15, -0.1) is 0 Å². The van der Waals surface area contributed by atoms with Crippen LogP contribution in [0, 0.1) is 0 Å². The van der Waals surface area contributed by atoms with Crippen LogP contribution in [-0.4, -0.2) is 35.8 Å². The maximum Gasteiger partial charge on any atom is 0.128 e. The van der Waals surface area contributed by atoms with E-state index in [9.17, 15) is 5.11 Å². The van der Waals surface area contributed by atoms with Crippen molar-refractivity contribution in [1.82, 2.24) is 10.3 Å². The molecule has 4 heteroatoms. The van der Waals surface area contributed by atoms with Gasteiger partial charge in [0.2, 0.25) is 0 Å². The quantitative estimate of drug-likeness (QED) is 0.826. The van der Waals surface area contributed by atoms with E-state index in [0.717, 1.165) is 25.3 Å². The van der Waals surface area contributed by atoms with Crippen molar-refractivity contribution in [3.8, 4) is 0 Å². The zero-order valence-electron chi connectivity index (χ0n) is 10.6. The van der Waals surface area contributed by atoms with Gasteiger partial charge in [-0.25, -0.2) is 4.98 Å². The molecule has 2 N–H and O–H groups in total. The average Bonchev–Trinajstić information content (AvgIpc) is 2.76. The summed E-state index contributed by atoms with van der Waals surface area (Å²) in [4.78, 5) is 6.60. The topological polar surface area (TPSA) is 48.4 Å². The molecule has 17 heavy (non-hydrogen) atoms. The van der Waals surface area contributed by atoms with Crippen LogP contribution in [0.5, 0.6) is 0 Å². The molecule has 1 aromatic rings. The van der Waals surface area contributed by atoms with Gasteiger partial charge in [-0.2, -0.15) is 0 Å². The molecule has 2 atom stereocenters. The zero-order chi connectivity index (χ0) is 12.3. The van der Waals surface area contributed by atoms with Gasteiger partial charge in [0.05, 0.1) is 6.10 Å². The molecule has 1 saturated heterocycles. The van der Waals surface area contributed by atoms with Crippen LogP contribution in [-0.2, 0) is 0 Å². The van der Waals surface area contributed by atoms with Crippen molar-refractivity contribution in [2.24, 2.45) is 0 Å². The highest BCUT2D eigenvalue weighted by atomic mass is 16.3. The van der Waals surface area contributed by atoms with E-state index in [0.29, 0.717) is 12.6 Å². The molecule has 2 rings (SSSR count). The second-order valence-electron chi connectivity index (χ2n) is 4.62. The lowest BCUT2D eigenvalue weighted by molar-refractivity contribution is 0.198. The number of rotatable bonds is 4. The summed E-state index contributed by atoms with van der Waals surface area (Å²) in [5, 5.41) is 12.9. The number of aliphatic hydroxyl groups excluding tert-OH is 1. The zero-order valence-corrected chi connectivity index (χ0v) is 10.6. The minimum Gasteiger partial charge on any atom is -0.391 e. The van der Waals surface area contributed by atoms with Crippen molar-refractivity contribution in [1.29, 1.82) is 0 Å². The predicted octanol–water partition coefficient (Wildman–Crippen LogP) is 1.32. The van der Waals surface area contributed by atoms with Crippen LogP contribution in [0.2, 0.25) is 0 Å². The molecule has 4 nitrogen and oxygen atoms in total. The Morgan fingerprint density at radius 2 is 2.41 bits per heavy atom. The second kappa shape index (κ2) is 5.47. The van der Waals surface area contributed by atoms with E-state index in [1.807, 2.05) is 12.3 Å². The molecule has 1 aliphatic rings. The number of nitrogens with zero attached hydrogens (tertiary/aromatic N) is 2. The number of pyridine rings is 1. The first kappa shape index (κ1) is 12.3. The molecule has 1 aliphatic heterocycles. The smallest absolute Gasteiger partial charge is 0.128 e. The van der Waals surface area contributed by atoms with Crippen molar-refractivity contribution in [2.75, 3.05) is 24.5 Å². The summed E-state index contributed by atoms with van der Waals surface area (Å²) in [5.74, 6) is 0.967. The maximum atomic E-state index is 9.49. The van der Waals surface area contributed by atoms with E-state index < -0.39 is 0 Å². The Morgan fingerprint density at radius 3 is 2.94 bits per heavy atom. The van der Waals surface area contributed by atoms with Crippen molar-refractivity contribution in [3.63, 3.8) is 0 Å². The van der Waals surface area contributed by atoms with Gasteiger partial charge in [0.15, 0.2) is 0 Å². The highest BCUT2D eigenvalue weighted by Crippen LogP contribution is 2.20. The fraction of sp³-hybridized carbons (Fsp3) is 0.615. The number of nitrogens with one attached hydrogen (secondary N) is 1. The SMILES string of the molecule is CCNC(C)c1ccc(N2CCC(O)C2)nc1. The molecule has 0 amide bonds. The summed E-state index contributed by atoms with van der Waals surface area (Å²) in [6.07, 6.45) is 2.57. The molecule has 0 saturated carbocycles. The van der Waals surface area contributed by atoms with Crippen LogP contribution in [0.3, 0.4) is 0 Å². The fourth-order valence-electron chi connectivity index (χ4n) is 2.21. The lowest BCUT2D eigenvalue weighted by Crippen LogP contribution is -2.22. The Morgan fingerprint density at radius 1 is 1.59 bits per heavy atom. The van der Waals surface area contributed by atoms with Gasteiger partial charge in [0.25, 0.3) is 0 Å². The summed E-state index contributed by atoms with van der Waals surface area (Å²) < 4.78 is 0. The molecular formula is C13H21N3O. The van der Waals surface area contributed by atoms with E-state index in [2.05, 4.69) is 35.1 Å². The van der Waals surface area contributed by atoms with Crippen LogP contribution < -0.4 is 10.2 Å². The van der Waals surface area contributed by atoms with Gasteiger partial charge in [-0.3, -0.25) is 0 Å². The summed E-state index contributed by atoms with van der Waals surface area (Å²) in [6.45, 7) is 6.80. The highest BCUT2D eigenvalue weighted by Gasteiger charge is 2.21. The summed E-state index contributed by atoms with van der Waals surface area (Å²) in [7, 11) is 0. The van der Waals surface area contributed by atoms with Crippen LogP contribution in [0.1, 0.15) is 31.9 Å². The van der Waals surface area contributed by atoms with E-state index in [-0.39, 0.29) is 6.10 Å². The van der Waals surface area contributed by atoms with Crippen molar-refractivity contribution < 1.29 is 5.11 Å². The molecule has 0 radical (unpaired) electrons. The standard InChI is InChI=1S/C13H21N3O/c1-3-14-10(2)11-4-5-13(15-8-11)16-7-6-12(17)9-16/h4-5,8,10,12,14,17H,3,6-7,9H2,1-2H3. The molecule has 0 bridgehead atoms.